The monoisotopic (exact) mass is 322 g/mol. The predicted octanol–water partition coefficient (Wildman–Crippen LogP) is 2.45. The second-order valence-electron chi connectivity index (χ2n) is 6.48. The number of nitrogens with one attached hydrogen (secondary N) is 1. The Kier molecular flexibility index (Phi) is 4.71. The van der Waals surface area contributed by atoms with Gasteiger partial charge in [0.15, 0.2) is 0 Å². The lowest BCUT2D eigenvalue weighted by atomic mass is 9.76. The number of carbonyl (C=O) groups excluding carboxylic acids is 1. The molecule has 120 valence electrons. The van der Waals surface area contributed by atoms with Gasteiger partial charge in [-0.3, -0.25) is 4.79 Å². The Morgan fingerprint density at radius 3 is 2.55 bits per heavy atom. The average molecular weight is 323 g/mol. The molecule has 2 fully saturated rings. The van der Waals surface area contributed by atoms with Crippen LogP contribution in [0.2, 0.25) is 5.02 Å². The minimum Gasteiger partial charge on any atom is -0.394 e. The van der Waals surface area contributed by atoms with E-state index in [1.807, 2.05) is 17.0 Å². The number of amides is 1. The highest BCUT2D eigenvalue weighted by atomic mass is 35.5. The Bertz CT molecular complexity index is 532. The van der Waals surface area contributed by atoms with Gasteiger partial charge in [-0.25, -0.2) is 0 Å². The van der Waals surface area contributed by atoms with Gasteiger partial charge in [-0.1, -0.05) is 23.7 Å². The van der Waals surface area contributed by atoms with E-state index in [-0.39, 0.29) is 18.1 Å². The summed E-state index contributed by atoms with van der Waals surface area (Å²) in [4.78, 5) is 14.4. The van der Waals surface area contributed by atoms with E-state index in [0.29, 0.717) is 16.6 Å². The summed E-state index contributed by atoms with van der Waals surface area (Å²) in [5.74, 6) is 0.0181. The van der Waals surface area contributed by atoms with Crippen LogP contribution in [0.4, 0.5) is 0 Å². The number of aliphatic hydroxyl groups excluding tert-OH is 1. The molecule has 2 aliphatic rings. The maximum Gasteiger partial charge on any atom is 0.255 e. The van der Waals surface area contributed by atoms with E-state index in [9.17, 15) is 9.90 Å². The van der Waals surface area contributed by atoms with Crippen LogP contribution in [0.5, 0.6) is 0 Å². The Hall–Kier alpha value is -1.10. The van der Waals surface area contributed by atoms with Crippen molar-refractivity contribution in [3.63, 3.8) is 0 Å². The highest BCUT2D eigenvalue weighted by Crippen LogP contribution is 2.33. The molecule has 0 aromatic heterocycles. The van der Waals surface area contributed by atoms with Crippen LogP contribution in [-0.2, 0) is 0 Å². The summed E-state index contributed by atoms with van der Waals surface area (Å²) in [6, 6.07) is 7.61. The zero-order chi connectivity index (χ0) is 15.6. The van der Waals surface area contributed by atoms with Crippen LogP contribution in [0.3, 0.4) is 0 Å². The molecular weight excluding hydrogens is 300 g/mol. The zero-order valence-electron chi connectivity index (χ0n) is 12.7. The third-order valence-electron chi connectivity index (χ3n) is 5.01. The number of likely N-dealkylation sites (tertiary alicyclic amines) is 1. The van der Waals surface area contributed by atoms with E-state index in [2.05, 4.69) is 5.32 Å². The topological polar surface area (TPSA) is 52.6 Å². The van der Waals surface area contributed by atoms with Crippen molar-refractivity contribution in [1.82, 2.24) is 10.2 Å². The SMILES string of the molecule is O=C(c1ccccc1Cl)N1CCC(NC2(CO)CCC2)CC1. The van der Waals surface area contributed by atoms with Crippen molar-refractivity contribution < 1.29 is 9.90 Å². The summed E-state index contributed by atoms with van der Waals surface area (Å²) in [7, 11) is 0. The Labute approximate surface area is 136 Å². The average Bonchev–Trinajstić information content (AvgIpc) is 2.51. The highest BCUT2D eigenvalue weighted by Gasteiger charge is 2.38. The molecule has 1 aliphatic heterocycles. The smallest absolute Gasteiger partial charge is 0.255 e. The summed E-state index contributed by atoms with van der Waals surface area (Å²) < 4.78 is 0. The summed E-state index contributed by atoms with van der Waals surface area (Å²) in [6.45, 7) is 1.69. The van der Waals surface area contributed by atoms with Crippen LogP contribution in [0.15, 0.2) is 24.3 Å². The molecule has 1 aromatic rings. The third-order valence-corrected chi connectivity index (χ3v) is 5.34. The molecule has 1 heterocycles. The van der Waals surface area contributed by atoms with Crippen LogP contribution < -0.4 is 5.32 Å². The first kappa shape index (κ1) is 15.8. The molecule has 0 atom stereocenters. The molecule has 0 radical (unpaired) electrons. The van der Waals surface area contributed by atoms with Crippen LogP contribution in [0, 0.1) is 0 Å². The summed E-state index contributed by atoms with van der Waals surface area (Å²) in [5, 5.41) is 13.7. The fourth-order valence-corrected chi connectivity index (χ4v) is 3.63. The van der Waals surface area contributed by atoms with Crippen molar-refractivity contribution in [1.29, 1.82) is 0 Å². The highest BCUT2D eigenvalue weighted by molar-refractivity contribution is 6.33. The third kappa shape index (κ3) is 3.14. The van der Waals surface area contributed by atoms with Crippen molar-refractivity contribution in [3.05, 3.63) is 34.9 Å². The first-order valence-corrected chi connectivity index (χ1v) is 8.44. The first-order chi connectivity index (χ1) is 10.6. The number of hydrogen-bond donors (Lipinski definition) is 2. The molecule has 5 heteroatoms. The largest absolute Gasteiger partial charge is 0.394 e. The van der Waals surface area contributed by atoms with E-state index in [1.165, 1.54) is 6.42 Å². The number of hydrogen-bond acceptors (Lipinski definition) is 3. The van der Waals surface area contributed by atoms with Gasteiger partial charge in [0, 0.05) is 24.7 Å². The van der Waals surface area contributed by atoms with Crippen LogP contribution in [0.25, 0.3) is 0 Å². The number of aliphatic hydroxyl groups is 1. The molecule has 1 saturated carbocycles. The molecular formula is C17H23ClN2O2. The number of carbonyl (C=O) groups is 1. The molecule has 2 N–H and O–H groups in total. The van der Waals surface area contributed by atoms with Gasteiger partial charge in [-0.15, -0.1) is 0 Å². The van der Waals surface area contributed by atoms with Crippen molar-refractivity contribution >= 4 is 17.5 Å². The van der Waals surface area contributed by atoms with Crippen molar-refractivity contribution in [2.45, 2.75) is 43.7 Å². The number of benzene rings is 1. The van der Waals surface area contributed by atoms with Gasteiger partial charge in [0.05, 0.1) is 17.2 Å². The maximum atomic E-state index is 12.5. The Balaban J connectivity index is 1.55. The van der Waals surface area contributed by atoms with Crippen molar-refractivity contribution in [3.8, 4) is 0 Å². The van der Waals surface area contributed by atoms with E-state index in [1.54, 1.807) is 12.1 Å². The fourth-order valence-electron chi connectivity index (χ4n) is 3.42. The predicted molar refractivity (Wildman–Crippen MR) is 87.2 cm³/mol. The van der Waals surface area contributed by atoms with Gasteiger partial charge >= 0.3 is 0 Å². The summed E-state index contributed by atoms with van der Waals surface area (Å²) in [6.07, 6.45) is 5.16. The molecule has 1 saturated heterocycles. The second-order valence-corrected chi connectivity index (χ2v) is 6.89. The van der Waals surface area contributed by atoms with Gasteiger partial charge in [0.25, 0.3) is 5.91 Å². The van der Waals surface area contributed by atoms with E-state index in [4.69, 9.17) is 11.6 Å². The molecule has 3 rings (SSSR count). The lowest BCUT2D eigenvalue weighted by Crippen LogP contribution is -2.59. The molecule has 0 unspecified atom stereocenters. The Morgan fingerprint density at radius 1 is 1.32 bits per heavy atom. The van der Waals surface area contributed by atoms with Gasteiger partial charge < -0.3 is 15.3 Å². The minimum atomic E-state index is -0.0560. The number of halogens is 1. The number of rotatable bonds is 4. The quantitative estimate of drug-likeness (QED) is 0.895. The standard InChI is InChI=1S/C17H23ClN2O2/c18-15-5-2-1-4-14(15)16(22)20-10-6-13(7-11-20)19-17(12-21)8-3-9-17/h1-2,4-5,13,19,21H,3,6-12H2. The fraction of sp³-hybridized carbons (Fsp3) is 0.588. The van der Waals surface area contributed by atoms with Gasteiger partial charge in [0.1, 0.15) is 0 Å². The van der Waals surface area contributed by atoms with Crippen LogP contribution >= 0.6 is 11.6 Å². The van der Waals surface area contributed by atoms with E-state index in [0.717, 1.165) is 38.8 Å². The summed E-state index contributed by atoms with van der Waals surface area (Å²) >= 11 is 6.11. The van der Waals surface area contributed by atoms with E-state index >= 15 is 0 Å². The van der Waals surface area contributed by atoms with Gasteiger partial charge in [0.2, 0.25) is 0 Å². The Morgan fingerprint density at radius 2 is 2.00 bits per heavy atom. The molecule has 4 nitrogen and oxygen atoms in total. The molecule has 1 aliphatic carbocycles. The normalized spacial score (nSPS) is 21.5. The molecule has 0 bridgehead atoms. The van der Waals surface area contributed by atoms with Crippen molar-refractivity contribution in [2.24, 2.45) is 0 Å². The van der Waals surface area contributed by atoms with Crippen molar-refractivity contribution in [2.75, 3.05) is 19.7 Å². The lowest BCUT2D eigenvalue weighted by Gasteiger charge is -2.45. The number of nitrogens with zero attached hydrogens (tertiary/aromatic N) is 1. The van der Waals surface area contributed by atoms with Gasteiger partial charge in [-0.05, 0) is 44.2 Å². The zero-order valence-corrected chi connectivity index (χ0v) is 13.5. The van der Waals surface area contributed by atoms with Gasteiger partial charge in [-0.2, -0.15) is 0 Å². The lowest BCUT2D eigenvalue weighted by molar-refractivity contribution is 0.0543. The first-order valence-electron chi connectivity index (χ1n) is 8.06. The second kappa shape index (κ2) is 6.57. The molecule has 1 aromatic carbocycles. The summed E-state index contributed by atoms with van der Waals surface area (Å²) in [5.41, 5.74) is 0.529. The maximum absolute atomic E-state index is 12.5. The van der Waals surface area contributed by atoms with E-state index < -0.39 is 0 Å². The van der Waals surface area contributed by atoms with Crippen LogP contribution in [0.1, 0.15) is 42.5 Å². The molecule has 1 amide bonds. The molecule has 0 spiro atoms. The minimum absolute atomic E-state index is 0.0181. The van der Waals surface area contributed by atoms with Crippen LogP contribution in [-0.4, -0.2) is 47.2 Å². The molecule has 22 heavy (non-hydrogen) atoms. The number of piperidine rings is 1.